The van der Waals surface area contributed by atoms with Crippen LogP contribution in [0.5, 0.6) is 0 Å². The molecule has 3 heterocycles. The third-order valence-corrected chi connectivity index (χ3v) is 12.7. The summed E-state index contributed by atoms with van der Waals surface area (Å²) < 4.78 is 57.2. The van der Waals surface area contributed by atoms with E-state index < -0.39 is 60.8 Å². The summed E-state index contributed by atoms with van der Waals surface area (Å²) in [4.78, 5) is 89.6. The Morgan fingerprint density at radius 3 is 2.34 bits per heavy atom. The summed E-state index contributed by atoms with van der Waals surface area (Å²) in [5.41, 5.74) is 3.12. The number of amides is 4. The van der Waals surface area contributed by atoms with Gasteiger partial charge in [0.1, 0.15) is 12.3 Å². The Kier molecular flexibility index (Phi) is 16.9. The lowest BCUT2D eigenvalue weighted by molar-refractivity contribution is -0.142. The smallest absolute Gasteiger partial charge is 0.390 e. The molecule has 62 heavy (non-hydrogen) atoms. The molecule has 0 aromatic heterocycles. The molecular weight excluding hydrogens is 883 g/mol. The van der Waals surface area contributed by atoms with E-state index in [1.165, 1.54) is 18.4 Å². The zero-order valence-corrected chi connectivity index (χ0v) is 35.2. The standard InChI is InChI=1S/C36H44N5O18P3/c42-29-20-34(57-30(29)23-56-61(51,52)59-62(53,54)58-60(48,49)50)41-22-27(35(46)39-36(41)47)9-5-16-37-32(44)15-18-55-19-17-38-31(43)13-14-33(45)40-21-26-8-2-1-6-24(26)11-12-25-7-3-4-10-28(25)40/h1-10,22,29-30,34,36,42,47H,13-21,23H2,(H,37,44)(H,38,43)(H,39,46)(H,51,52)(H,53,54)(H2,48,49,50)/b9-5+. The SMILES string of the molecule is O=C(CCOCCNC(=O)CCC(=O)N1Cc2ccccc2C#Cc2ccccc21)NC/C=C/C1=CN(C2CC(O)C(COP(=O)(O)OP(=O)(O)OP(=O)(O)O)O2)C(O)NC1=O. The number of aliphatic hydroxyl groups is 2. The molecule has 5 rings (SSSR count). The van der Waals surface area contributed by atoms with E-state index in [9.17, 15) is 52.9 Å². The number of aliphatic hydroxyl groups excluding tert-OH is 2. The van der Waals surface area contributed by atoms with Crippen molar-refractivity contribution in [1.82, 2.24) is 20.9 Å². The Morgan fingerprint density at radius 1 is 0.887 bits per heavy atom. The number of carbonyl (C=O) groups excluding carboxylic acids is 4. The Bertz CT molecular complexity index is 2260. The minimum Gasteiger partial charge on any atom is -0.390 e. The number of benzene rings is 2. The molecule has 2 aromatic carbocycles. The molecule has 4 amide bonds. The second-order valence-corrected chi connectivity index (χ2v) is 17.9. The van der Waals surface area contributed by atoms with E-state index in [0.717, 1.165) is 16.0 Å². The molecule has 23 nitrogen and oxygen atoms in total. The molecule has 6 unspecified atom stereocenters. The average Bonchev–Trinajstić information content (AvgIpc) is 3.55. The van der Waals surface area contributed by atoms with E-state index in [-0.39, 0.29) is 75.3 Å². The number of hydrogen-bond donors (Lipinski definition) is 9. The van der Waals surface area contributed by atoms with E-state index in [2.05, 4.69) is 40.9 Å². The number of phosphoric ester groups is 1. The molecule has 2 aromatic rings. The van der Waals surface area contributed by atoms with E-state index in [4.69, 9.17) is 19.3 Å². The summed E-state index contributed by atoms with van der Waals surface area (Å²) in [6, 6.07) is 14.9. The van der Waals surface area contributed by atoms with E-state index in [1.807, 2.05) is 48.5 Å². The molecule has 336 valence electrons. The van der Waals surface area contributed by atoms with Crippen LogP contribution in [0, 0.1) is 11.8 Å². The van der Waals surface area contributed by atoms with Crippen LogP contribution < -0.4 is 20.9 Å². The number of para-hydroxylation sites is 1. The maximum absolute atomic E-state index is 13.3. The van der Waals surface area contributed by atoms with Gasteiger partial charge in [-0.3, -0.25) is 23.7 Å². The highest BCUT2D eigenvalue weighted by Crippen LogP contribution is 2.66. The third-order valence-electron chi connectivity index (χ3n) is 8.94. The Labute approximate surface area is 354 Å². The minimum atomic E-state index is -5.77. The Balaban J connectivity index is 0.975. The summed E-state index contributed by atoms with van der Waals surface area (Å²) in [5.74, 6) is 4.66. The summed E-state index contributed by atoms with van der Waals surface area (Å²) in [6.45, 7) is -0.324. The normalized spacial score (nSPS) is 21.8. The van der Waals surface area contributed by atoms with Gasteiger partial charge >= 0.3 is 23.5 Å². The van der Waals surface area contributed by atoms with Crippen LogP contribution in [-0.2, 0) is 62.0 Å². The quantitative estimate of drug-likeness (QED) is 0.0490. The number of hydrogen-bond acceptors (Lipinski definition) is 15. The first-order valence-electron chi connectivity index (χ1n) is 18.7. The molecular formula is C36H44N5O18P3. The molecule has 0 radical (unpaired) electrons. The van der Waals surface area contributed by atoms with Crippen LogP contribution in [0.15, 0.2) is 72.5 Å². The lowest BCUT2D eigenvalue weighted by Gasteiger charge is -2.35. The molecule has 0 saturated carbocycles. The Hall–Kier alpha value is -4.59. The van der Waals surface area contributed by atoms with Gasteiger partial charge in [0.15, 0.2) is 0 Å². The topological polar surface area (TPSA) is 330 Å². The van der Waals surface area contributed by atoms with Crippen molar-refractivity contribution in [3.05, 3.63) is 89.1 Å². The largest absolute Gasteiger partial charge is 0.490 e. The Morgan fingerprint density at radius 2 is 1.58 bits per heavy atom. The highest BCUT2D eigenvalue weighted by atomic mass is 31.3. The summed E-state index contributed by atoms with van der Waals surface area (Å²) in [6.07, 6.45) is -1.93. The fourth-order valence-electron chi connectivity index (χ4n) is 6.07. The van der Waals surface area contributed by atoms with Gasteiger partial charge in [-0.05, 0) is 23.8 Å². The predicted molar refractivity (Wildman–Crippen MR) is 213 cm³/mol. The molecule has 6 atom stereocenters. The van der Waals surface area contributed by atoms with Gasteiger partial charge in [0.05, 0.1) is 43.7 Å². The molecule has 26 heteroatoms. The van der Waals surface area contributed by atoms with Gasteiger partial charge in [0.25, 0.3) is 5.91 Å². The number of phosphoric acid groups is 3. The first-order chi connectivity index (χ1) is 29.3. The van der Waals surface area contributed by atoms with Crippen molar-refractivity contribution in [2.24, 2.45) is 0 Å². The molecule has 0 spiro atoms. The van der Waals surface area contributed by atoms with Crippen LogP contribution in [0.1, 0.15) is 42.4 Å². The van der Waals surface area contributed by atoms with Crippen molar-refractivity contribution in [2.75, 3.05) is 37.8 Å². The van der Waals surface area contributed by atoms with Crippen molar-refractivity contribution < 1.29 is 85.3 Å². The van der Waals surface area contributed by atoms with Crippen molar-refractivity contribution in [3.63, 3.8) is 0 Å². The second kappa shape index (κ2) is 21.7. The van der Waals surface area contributed by atoms with E-state index in [0.29, 0.717) is 17.8 Å². The summed E-state index contributed by atoms with van der Waals surface area (Å²) in [5, 5.41) is 28.4. The second-order valence-electron chi connectivity index (χ2n) is 13.5. The van der Waals surface area contributed by atoms with Crippen LogP contribution in [0.4, 0.5) is 5.69 Å². The number of nitrogens with zero attached hydrogens (tertiary/aromatic N) is 2. The van der Waals surface area contributed by atoms with Crippen molar-refractivity contribution in [3.8, 4) is 11.8 Å². The molecule has 0 bridgehead atoms. The van der Waals surface area contributed by atoms with Gasteiger partial charge in [-0.2, -0.15) is 8.62 Å². The van der Waals surface area contributed by atoms with Gasteiger partial charge in [-0.15, -0.1) is 0 Å². The maximum atomic E-state index is 13.3. The number of carbonyl (C=O) groups is 4. The third kappa shape index (κ3) is 14.8. The van der Waals surface area contributed by atoms with Crippen molar-refractivity contribution >= 4 is 52.8 Å². The van der Waals surface area contributed by atoms with Crippen LogP contribution in [-0.4, -0.2) is 116 Å². The fourth-order valence-corrected chi connectivity index (χ4v) is 9.10. The van der Waals surface area contributed by atoms with Gasteiger partial charge in [-0.1, -0.05) is 54.3 Å². The summed E-state index contributed by atoms with van der Waals surface area (Å²) in [7, 11) is -16.9. The number of ether oxygens (including phenoxy) is 2. The monoisotopic (exact) mass is 927 g/mol. The van der Waals surface area contributed by atoms with Crippen LogP contribution >= 0.6 is 23.5 Å². The first kappa shape index (κ1) is 48.4. The lowest BCUT2D eigenvalue weighted by Crippen LogP contribution is -2.53. The van der Waals surface area contributed by atoms with E-state index >= 15 is 0 Å². The number of anilines is 1. The van der Waals surface area contributed by atoms with Crippen molar-refractivity contribution in [1.29, 1.82) is 0 Å². The molecule has 1 fully saturated rings. The van der Waals surface area contributed by atoms with Gasteiger partial charge in [0, 0.05) is 56.1 Å². The molecule has 9 N–H and O–H groups in total. The molecule has 3 aliphatic heterocycles. The average molecular weight is 928 g/mol. The molecule has 1 saturated heterocycles. The first-order valence-corrected chi connectivity index (χ1v) is 23.2. The van der Waals surface area contributed by atoms with Crippen LogP contribution in [0.3, 0.4) is 0 Å². The zero-order chi connectivity index (χ0) is 45.1. The number of rotatable bonds is 20. The van der Waals surface area contributed by atoms with E-state index in [1.54, 1.807) is 4.90 Å². The molecule has 3 aliphatic rings. The van der Waals surface area contributed by atoms with Crippen molar-refractivity contribution in [2.45, 2.75) is 57.0 Å². The number of fused-ring (bicyclic) bond motifs is 2. The fraction of sp³-hybridized carbons (Fsp3) is 0.389. The highest BCUT2D eigenvalue weighted by Gasteiger charge is 2.44. The van der Waals surface area contributed by atoms with Gasteiger partial charge in [-0.25, -0.2) is 13.7 Å². The number of nitrogens with one attached hydrogen (secondary N) is 3. The van der Waals surface area contributed by atoms with Crippen LogP contribution in [0.25, 0.3) is 0 Å². The lowest BCUT2D eigenvalue weighted by atomic mass is 10.0. The minimum absolute atomic E-state index is 0.00240. The highest BCUT2D eigenvalue weighted by molar-refractivity contribution is 7.66. The molecule has 0 aliphatic carbocycles. The summed E-state index contributed by atoms with van der Waals surface area (Å²) >= 11 is 0. The van der Waals surface area contributed by atoms with Gasteiger partial charge in [0.2, 0.25) is 24.1 Å². The van der Waals surface area contributed by atoms with Crippen LogP contribution in [0.2, 0.25) is 0 Å². The van der Waals surface area contributed by atoms with Gasteiger partial charge < -0.3 is 65.0 Å². The zero-order valence-electron chi connectivity index (χ0n) is 32.5. The maximum Gasteiger partial charge on any atom is 0.490 e. The predicted octanol–water partition coefficient (Wildman–Crippen LogP) is 0.319.